The van der Waals surface area contributed by atoms with Crippen LogP contribution in [0.3, 0.4) is 0 Å². The molecule has 4 atom stereocenters. The van der Waals surface area contributed by atoms with E-state index in [1.54, 1.807) is 13.8 Å². The van der Waals surface area contributed by atoms with Crippen LogP contribution in [0.4, 0.5) is 0 Å². The lowest BCUT2D eigenvalue weighted by atomic mass is 9.76. The van der Waals surface area contributed by atoms with Crippen molar-refractivity contribution in [3.8, 4) is 0 Å². The first-order chi connectivity index (χ1) is 18.3. The van der Waals surface area contributed by atoms with Crippen LogP contribution in [0.2, 0.25) is 0 Å². The number of rotatable bonds is 9. The SMILES string of the molecule is CCC(C(=O)O)N1CCC(C)(NC(=O)C2CN2C(c2ccccc2)(c2ccccc2)c2ccccc2)C1=O. The fourth-order valence-electron chi connectivity index (χ4n) is 5.94. The van der Waals surface area contributed by atoms with E-state index in [0.717, 1.165) is 16.7 Å². The second kappa shape index (κ2) is 10.1. The van der Waals surface area contributed by atoms with E-state index >= 15 is 0 Å². The smallest absolute Gasteiger partial charge is 0.326 e. The first kappa shape index (κ1) is 25.7. The minimum atomic E-state index is -1.14. The van der Waals surface area contributed by atoms with Crippen molar-refractivity contribution in [1.82, 2.24) is 15.1 Å². The third-order valence-corrected chi connectivity index (χ3v) is 7.95. The third kappa shape index (κ3) is 4.27. The third-order valence-electron chi connectivity index (χ3n) is 7.95. The van der Waals surface area contributed by atoms with Crippen LogP contribution in [0.1, 0.15) is 43.4 Å². The summed E-state index contributed by atoms with van der Waals surface area (Å²) in [4.78, 5) is 42.2. The molecule has 2 aliphatic heterocycles. The van der Waals surface area contributed by atoms with E-state index in [-0.39, 0.29) is 11.8 Å². The molecule has 3 aromatic rings. The predicted octanol–water partition coefficient (Wildman–Crippen LogP) is 3.63. The largest absolute Gasteiger partial charge is 0.480 e. The van der Waals surface area contributed by atoms with Gasteiger partial charge in [0.2, 0.25) is 11.8 Å². The first-order valence-electron chi connectivity index (χ1n) is 13.1. The number of carbonyl (C=O) groups is 3. The van der Waals surface area contributed by atoms with Crippen molar-refractivity contribution in [2.24, 2.45) is 0 Å². The molecule has 2 heterocycles. The summed E-state index contributed by atoms with van der Waals surface area (Å²) in [5.74, 6) is -1.59. The van der Waals surface area contributed by atoms with Crippen molar-refractivity contribution in [2.75, 3.05) is 13.1 Å². The fourth-order valence-corrected chi connectivity index (χ4v) is 5.94. The molecule has 2 fully saturated rings. The van der Waals surface area contributed by atoms with E-state index in [1.165, 1.54) is 4.90 Å². The van der Waals surface area contributed by atoms with E-state index in [9.17, 15) is 19.5 Å². The zero-order chi connectivity index (χ0) is 26.9. The molecule has 38 heavy (non-hydrogen) atoms. The van der Waals surface area contributed by atoms with Crippen molar-refractivity contribution in [1.29, 1.82) is 0 Å². The molecule has 0 aromatic heterocycles. The Morgan fingerprint density at radius 3 is 1.84 bits per heavy atom. The van der Waals surface area contributed by atoms with E-state index in [2.05, 4.69) is 46.6 Å². The van der Waals surface area contributed by atoms with Crippen LogP contribution in [-0.4, -0.2) is 63.4 Å². The minimum Gasteiger partial charge on any atom is -0.480 e. The fraction of sp³-hybridized carbons (Fsp3) is 0.323. The molecule has 0 aliphatic carbocycles. The number of hydrogen-bond donors (Lipinski definition) is 2. The Bertz CT molecular complexity index is 1220. The molecule has 2 aliphatic rings. The van der Waals surface area contributed by atoms with E-state index in [0.29, 0.717) is 25.9 Å². The topological polar surface area (TPSA) is 89.7 Å². The maximum Gasteiger partial charge on any atom is 0.326 e. The molecule has 196 valence electrons. The quantitative estimate of drug-likeness (QED) is 0.338. The van der Waals surface area contributed by atoms with Gasteiger partial charge in [0.1, 0.15) is 17.6 Å². The number of benzene rings is 3. The standard InChI is InChI=1S/C31H33N3O4/c1-3-25(28(36)37)33-20-19-30(2,29(33)38)32-27(35)26-21-34(26)31(22-13-7-4-8-14-22,23-15-9-5-10-16-23)24-17-11-6-12-18-24/h4-18,25-26H,3,19-21H2,1-2H3,(H,32,35)(H,36,37). The van der Waals surface area contributed by atoms with E-state index in [4.69, 9.17) is 0 Å². The van der Waals surface area contributed by atoms with Gasteiger partial charge in [-0.2, -0.15) is 0 Å². The molecule has 7 heteroatoms. The number of carbonyl (C=O) groups excluding carboxylic acids is 2. The highest BCUT2D eigenvalue weighted by molar-refractivity contribution is 5.97. The number of hydrogen-bond acceptors (Lipinski definition) is 4. The molecular weight excluding hydrogens is 478 g/mol. The zero-order valence-electron chi connectivity index (χ0n) is 21.7. The van der Waals surface area contributed by atoms with Gasteiger partial charge in [0.05, 0.1) is 5.54 Å². The lowest BCUT2D eigenvalue weighted by Crippen LogP contribution is -2.55. The number of carboxylic acids is 1. The molecule has 3 aromatic carbocycles. The van der Waals surface area contributed by atoms with Gasteiger partial charge in [-0.1, -0.05) is 97.9 Å². The Labute approximate surface area is 223 Å². The summed E-state index contributed by atoms with van der Waals surface area (Å²) >= 11 is 0. The van der Waals surface area contributed by atoms with Crippen LogP contribution in [0.5, 0.6) is 0 Å². The highest BCUT2D eigenvalue weighted by Gasteiger charge is 2.57. The molecule has 4 unspecified atom stereocenters. The van der Waals surface area contributed by atoms with Gasteiger partial charge in [-0.3, -0.25) is 14.5 Å². The van der Waals surface area contributed by atoms with Gasteiger partial charge in [0.15, 0.2) is 0 Å². The number of carboxylic acid groups (broad SMARTS) is 1. The van der Waals surface area contributed by atoms with Gasteiger partial charge in [0.25, 0.3) is 0 Å². The maximum absolute atomic E-state index is 13.7. The Balaban J connectivity index is 1.48. The summed E-state index contributed by atoms with van der Waals surface area (Å²) in [5.41, 5.74) is 1.32. The molecule has 0 spiro atoms. The van der Waals surface area contributed by atoms with Gasteiger partial charge in [-0.25, -0.2) is 4.79 Å². The molecule has 2 N–H and O–H groups in total. The average Bonchev–Trinajstić information content (AvgIpc) is 3.69. The lowest BCUT2D eigenvalue weighted by molar-refractivity contribution is -0.150. The molecule has 0 bridgehead atoms. The summed E-state index contributed by atoms with van der Waals surface area (Å²) in [6, 6.07) is 29.2. The van der Waals surface area contributed by atoms with Crippen molar-refractivity contribution >= 4 is 17.8 Å². The summed E-state index contributed by atoms with van der Waals surface area (Å²) < 4.78 is 0. The van der Waals surface area contributed by atoms with Crippen molar-refractivity contribution < 1.29 is 19.5 Å². The minimum absolute atomic E-state index is 0.224. The van der Waals surface area contributed by atoms with Crippen LogP contribution in [-0.2, 0) is 19.9 Å². The Morgan fingerprint density at radius 1 is 0.947 bits per heavy atom. The van der Waals surface area contributed by atoms with Crippen molar-refractivity contribution in [2.45, 2.75) is 49.9 Å². The second-order valence-electron chi connectivity index (χ2n) is 10.3. The van der Waals surface area contributed by atoms with Gasteiger partial charge in [0, 0.05) is 13.1 Å². The number of amides is 2. The Morgan fingerprint density at radius 2 is 1.42 bits per heavy atom. The van der Waals surface area contributed by atoms with Crippen molar-refractivity contribution in [3.63, 3.8) is 0 Å². The van der Waals surface area contributed by atoms with Crippen LogP contribution in [0.15, 0.2) is 91.0 Å². The second-order valence-corrected chi connectivity index (χ2v) is 10.3. The molecule has 2 saturated heterocycles. The number of likely N-dealkylation sites (tertiary alicyclic amines) is 1. The number of nitrogens with one attached hydrogen (secondary N) is 1. The van der Waals surface area contributed by atoms with E-state index in [1.807, 2.05) is 54.6 Å². The van der Waals surface area contributed by atoms with Gasteiger partial charge < -0.3 is 15.3 Å². The summed E-state index contributed by atoms with van der Waals surface area (Å²) in [6.07, 6.45) is 0.685. The van der Waals surface area contributed by atoms with Crippen LogP contribution in [0.25, 0.3) is 0 Å². The number of nitrogens with zero attached hydrogens (tertiary/aromatic N) is 2. The lowest BCUT2D eigenvalue weighted by Gasteiger charge is -2.38. The van der Waals surface area contributed by atoms with E-state index < -0.39 is 29.1 Å². The van der Waals surface area contributed by atoms with Crippen LogP contribution < -0.4 is 5.32 Å². The van der Waals surface area contributed by atoms with Crippen molar-refractivity contribution in [3.05, 3.63) is 108 Å². The molecule has 7 nitrogen and oxygen atoms in total. The molecule has 2 amide bonds. The summed E-state index contributed by atoms with van der Waals surface area (Å²) in [6.45, 7) is 4.27. The predicted molar refractivity (Wildman–Crippen MR) is 144 cm³/mol. The molecule has 0 radical (unpaired) electrons. The highest BCUT2D eigenvalue weighted by Crippen LogP contribution is 2.48. The average molecular weight is 512 g/mol. The molecular formula is C31H33N3O4. The van der Waals surface area contributed by atoms with Gasteiger partial charge in [-0.15, -0.1) is 0 Å². The summed E-state index contributed by atoms with van der Waals surface area (Å²) in [5, 5.41) is 12.6. The Hall–Kier alpha value is -3.97. The first-order valence-corrected chi connectivity index (χ1v) is 13.1. The normalized spacial score (nSPS) is 23.6. The van der Waals surface area contributed by atoms with Crippen LogP contribution >= 0.6 is 0 Å². The molecule has 0 saturated carbocycles. The van der Waals surface area contributed by atoms with Gasteiger partial charge >= 0.3 is 5.97 Å². The zero-order valence-corrected chi connectivity index (χ0v) is 21.7. The summed E-state index contributed by atoms with van der Waals surface area (Å²) in [7, 11) is 0. The van der Waals surface area contributed by atoms with Gasteiger partial charge in [-0.05, 0) is 36.5 Å². The monoisotopic (exact) mass is 511 g/mol. The maximum atomic E-state index is 13.7. The highest BCUT2D eigenvalue weighted by atomic mass is 16.4. The number of aliphatic carboxylic acids is 1. The van der Waals surface area contributed by atoms with Crippen LogP contribution in [0, 0.1) is 0 Å². The molecule has 5 rings (SSSR count). The Kier molecular flexibility index (Phi) is 6.80.